The van der Waals surface area contributed by atoms with Crippen LogP contribution in [0.1, 0.15) is 30.9 Å². The van der Waals surface area contributed by atoms with Crippen LogP contribution in [-0.2, 0) is 6.42 Å². The van der Waals surface area contributed by atoms with Crippen LogP contribution in [0.3, 0.4) is 0 Å². The smallest absolute Gasteiger partial charge is 0.122 e. The Morgan fingerprint density at radius 1 is 1.35 bits per heavy atom. The van der Waals surface area contributed by atoms with E-state index >= 15 is 0 Å². The Bertz CT molecular complexity index is 352. The van der Waals surface area contributed by atoms with Crippen LogP contribution in [0, 0.1) is 0 Å². The van der Waals surface area contributed by atoms with Gasteiger partial charge < -0.3 is 4.74 Å². The second kappa shape index (κ2) is 6.92. The lowest BCUT2D eigenvalue weighted by atomic mass is 9.98. The summed E-state index contributed by atoms with van der Waals surface area (Å²) in [5.41, 5.74) is 2.65. The Balaban J connectivity index is 2.78. The number of ether oxygens (including phenoxy) is 1. The van der Waals surface area contributed by atoms with E-state index in [1.54, 1.807) is 7.11 Å². The van der Waals surface area contributed by atoms with Crippen LogP contribution in [0.25, 0.3) is 0 Å². The Morgan fingerprint density at radius 3 is 2.59 bits per heavy atom. The molecular weight excluding hydrogens is 230 g/mol. The van der Waals surface area contributed by atoms with Gasteiger partial charge in [-0.2, -0.15) is 12.6 Å². The van der Waals surface area contributed by atoms with Gasteiger partial charge in [0.15, 0.2) is 0 Å². The van der Waals surface area contributed by atoms with E-state index in [2.05, 4.69) is 56.6 Å². The van der Waals surface area contributed by atoms with Gasteiger partial charge >= 0.3 is 0 Å². The van der Waals surface area contributed by atoms with Gasteiger partial charge in [0, 0.05) is 12.4 Å². The average molecular weight is 253 g/mol. The van der Waals surface area contributed by atoms with E-state index in [-0.39, 0.29) is 0 Å². The number of thiol groups is 1. The summed E-state index contributed by atoms with van der Waals surface area (Å²) in [4.78, 5) is 2.20. The number of hydrogen-bond acceptors (Lipinski definition) is 3. The molecule has 0 amide bonds. The van der Waals surface area contributed by atoms with Crippen molar-refractivity contribution in [3.63, 3.8) is 0 Å². The van der Waals surface area contributed by atoms with Gasteiger partial charge in [0.1, 0.15) is 5.75 Å². The molecule has 0 aliphatic heterocycles. The van der Waals surface area contributed by atoms with Crippen LogP contribution in [0.2, 0.25) is 0 Å². The monoisotopic (exact) mass is 253 g/mol. The molecule has 17 heavy (non-hydrogen) atoms. The van der Waals surface area contributed by atoms with Crippen molar-refractivity contribution in [2.75, 3.05) is 26.6 Å². The fraction of sp³-hybridized carbons (Fsp3) is 0.571. The van der Waals surface area contributed by atoms with Crippen LogP contribution >= 0.6 is 12.6 Å². The predicted molar refractivity (Wildman–Crippen MR) is 77.3 cm³/mol. The van der Waals surface area contributed by atoms with E-state index in [4.69, 9.17) is 4.74 Å². The number of hydrogen-bond donors (Lipinski definition) is 1. The van der Waals surface area contributed by atoms with E-state index in [1.165, 1.54) is 11.1 Å². The molecule has 0 aliphatic carbocycles. The molecule has 0 saturated carbocycles. The summed E-state index contributed by atoms with van der Waals surface area (Å²) < 4.78 is 5.39. The molecule has 0 spiro atoms. The number of nitrogens with zero attached hydrogens (tertiary/aromatic N) is 1. The third kappa shape index (κ3) is 4.25. The molecule has 0 aromatic heterocycles. The summed E-state index contributed by atoms with van der Waals surface area (Å²) in [6, 6.07) is 6.48. The number of methoxy groups -OCH3 is 1. The van der Waals surface area contributed by atoms with Crippen LogP contribution in [-0.4, -0.2) is 31.5 Å². The lowest BCUT2D eigenvalue weighted by Gasteiger charge is -2.16. The molecule has 0 atom stereocenters. The van der Waals surface area contributed by atoms with Crippen molar-refractivity contribution in [3.05, 3.63) is 29.3 Å². The first-order valence-electron chi connectivity index (χ1n) is 6.04. The van der Waals surface area contributed by atoms with Crippen molar-refractivity contribution in [2.45, 2.75) is 26.2 Å². The first-order valence-corrected chi connectivity index (χ1v) is 6.68. The SMILES string of the molecule is COc1ccc(CCN(C)CS)cc1C(C)C. The van der Waals surface area contributed by atoms with Crippen LogP contribution < -0.4 is 4.74 Å². The molecule has 1 aromatic rings. The van der Waals surface area contributed by atoms with Crippen LogP contribution in [0.4, 0.5) is 0 Å². The van der Waals surface area contributed by atoms with Gasteiger partial charge in [0.25, 0.3) is 0 Å². The zero-order chi connectivity index (χ0) is 12.8. The maximum absolute atomic E-state index is 5.39. The molecule has 2 nitrogen and oxygen atoms in total. The minimum Gasteiger partial charge on any atom is -0.496 e. The lowest BCUT2D eigenvalue weighted by Crippen LogP contribution is -2.19. The first kappa shape index (κ1) is 14.4. The van der Waals surface area contributed by atoms with Gasteiger partial charge in [-0.3, -0.25) is 4.90 Å². The van der Waals surface area contributed by atoms with E-state index in [1.807, 2.05) is 0 Å². The molecule has 3 heteroatoms. The highest BCUT2D eigenvalue weighted by molar-refractivity contribution is 7.80. The summed E-state index contributed by atoms with van der Waals surface area (Å²) in [5.74, 6) is 2.28. The molecule has 0 saturated heterocycles. The van der Waals surface area contributed by atoms with Crippen molar-refractivity contribution in [3.8, 4) is 5.75 Å². The molecule has 0 fully saturated rings. The highest BCUT2D eigenvalue weighted by atomic mass is 32.1. The van der Waals surface area contributed by atoms with Crippen molar-refractivity contribution in [1.82, 2.24) is 4.90 Å². The minimum atomic E-state index is 0.493. The Hall–Kier alpha value is -0.670. The van der Waals surface area contributed by atoms with Crippen molar-refractivity contribution in [2.24, 2.45) is 0 Å². The Morgan fingerprint density at radius 2 is 2.06 bits per heavy atom. The quantitative estimate of drug-likeness (QED) is 0.617. The molecule has 0 heterocycles. The molecule has 0 radical (unpaired) electrons. The molecule has 1 rings (SSSR count). The number of likely N-dealkylation sites (N-methyl/N-ethyl adjacent to an activating group) is 1. The Labute approximate surface area is 110 Å². The molecule has 1 aromatic carbocycles. The third-order valence-electron chi connectivity index (χ3n) is 2.94. The van der Waals surface area contributed by atoms with Crippen LogP contribution in [0.15, 0.2) is 18.2 Å². The highest BCUT2D eigenvalue weighted by Crippen LogP contribution is 2.27. The second-order valence-electron chi connectivity index (χ2n) is 4.70. The summed E-state index contributed by atoms with van der Waals surface area (Å²) in [5, 5.41) is 0. The van der Waals surface area contributed by atoms with Gasteiger partial charge in [-0.25, -0.2) is 0 Å². The van der Waals surface area contributed by atoms with Crippen LogP contribution in [0.5, 0.6) is 5.75 Å². The summed E-state index contributed by atoms with van der Waals surface area (Å²) in [7, 11) is 3.81. The standard InChI is InChI=1S/C14H23NOS/c1-11(2)13-9-12(5-6-14(13)16-4)7-8-15(3)10-17/h5-6,9,11,17H,7-8,10H2,1-4H3. The molecule has 96 valence electrons. The van der Waals surface area contributed by atoms with Gasteiger partial charge in [0.05, 0.1) is 7.11 Å². The lowest BCUT2D eigenvalue weighted by molar-refractivity contribution is 0.397. The predicted octanol–water partition coefficient (Wildman–Crippen LogP) is 3.18. The normalized spacial score (nSPS) is 11.2. The first-order chi connectivity index (χ1) is 8.08. The topological polar surface area (TPSA) is 12.5 Å². The zero-order valence-electron chi connectivity index (χ0n) is 11.2. The second-order valence-corrected chi connectivity index (χ2v) is 4.98. The average Bonchev–Trinajstić information content (AvgIpc) is 2.35. The third-order valence-corrected chi connectivity index (χ3v) is 3.42. The van der Waals surface area contributed by atoms with Gasteiger partial charge in [0.2, 0.25) is 0 Å². The summed E-state index contributed by atoms with van der Waals surface area (Å²) in [6.07, 6.45) is 1.06. The van der Waals surface area contributed by atoms with Crippen molar-refractivity contribution < 1.29 is 4.74 Å². The van der Waals surface area contributed by atoms with E-state index in [0.717, 1.165) is 24.6 Å². The number of rotatable bonds is 6. The molecule has 0 unspecified atom stereocenters. The minimum absolute atomic E-state index is 0.493. The van der Waals surface area contributed by atoms with Crippen molar-refractivity contribution >= 4 is 12.6 Å². The van der Waals surface area contributed by atoms with E-state index in [9.17, 15) is 0 Å². The fourth-order valence-corrected chi connectivity index (χ4v) is 1.92. The fourth-order valence-electron chi connectivity index (χ4n) is 1.78. The molecule has 0 bridgehead atoms. The molecule has 0 aliphatic rings. The van der Waals surface area contributed by atoms with Gasteiger partial charge in [-0.15, -0.1) is 0 Å². The summed E-state index contributed by atoms with van der Waals surface area (Å²) >= 11 is 4.25. The highest BCUT2D eigenvalue weighted by Gasteiger charge is 2.08. The van der Waals surface area contributed by atoms with Crippen molar-refractivity contribution in [1.29, 1.82) is 0 Å². The number of benzene rings is 1. The Kier molecular flexibility index (Phi) is 5.86. The zero-order valence-corrected chi connectivity index (χ0v) is 12.1. The maximum Gasteiger partial charge on any atom is 0.122 e. The maximum atomic E-state index is 5.39. The molecule has 0 N–H and O–H groups in total. The van der Waals surface area contributed by atoms with E-state index < -0.39 is 0 Å². The molecular formula is C14H23NOS. The van der Waals surface area contributed by atoms with E-state index in [0.29, 0.717) is 5.92 Å². The summed E-state index contributed by atoms with van der Waals surface area (Å²) in [6.45, 7) is 5.43. The largest absolute Gasteiger partial charge is 0.496 e. The van der Waals surface area contributed by atoms with Gasteiger partial charge in [-0.05, 0) is 36.6 Å². The van der Waals surface area contributed by atoms with Gasteiger partial charge in [-0.1, -0.05) is 26.0 Å².